The Morgan fingerprint density at radius 1 is 1.36 bits per heavy atom. The molecule has 5 nitrogen and oxygen atoms in total. The first-order chi connectivity index (χ1) is 11.7. The summed E-state index contributed by atoms with van der Waals surface area (Å²) < 4.78 is 11.5. The second-order valence-electron chi connectivity index (χ2n) is 8.59. The van der Waals surface area contributed by atoms with Crippen molar-refractivity contribution < 1.29 is 23.9 Å². The van der Waals surface area contributed by atoms with Crippen LogP contribution in [-0.4, -0.2) is 29.9 Å². The van der Waals surface area contributed by atoms with Gasteiger partial charge in [0.05, 0.1) is 11.3 Å². The number of ketones is 1. The number of fused-ring (bicyclic) bond motifs is 2. The van der Waals surface area contributed by atoms with Gasteiger partial charge in [-0.25, -0.2) is 0 Å². The summed E-state index contributed by atoms with van der Waals surface area (Å²) in [4.78, 5) is 37.4. The largest absolute Gasteiger partial charge is 0.462 e. The van der Waals surface area contributed by atoms with E-state index < -0.39 is 11.5 Å². The summed E-state index contributed by atoms with van der Waals surface area (Å²) in [7, 11) is 0. The first-order valence-corrected chi connectivity index (χ1v) is 9.28. The molecule has 0 N–H and O–H groups in total. The molecule has 1 saturated heterocycles. The summed E-state index contributed by atoms with van der Waals surface area (Å²) in [6, 6.07) is 0. The van der Waals surface area contributed by atoms with Crippen molar-refractivity contribution in [2.45, 2.75) is 59.7 Å². The summed E-state index contributed by atoms with van der Waals surface area (Å²) in [6.07, 6.45) is 3.63. The summed E-state index contributed by atoms with van der Waals surface area (Å²) in [5.74, 6) is -0.887. The molecule has 0 spiro atoms. The summed E-state index contributed by atoms with van der Waals surface area (Å²) in [5.41, 5.74) is -0.826. The Labute approximate surface area is 149 Å². The Bertz CT molecular complexity index is 622. The third-order valence-electron chi connectivity index (χ3n) is 6.32. The maximum Gasteiger partial charge on any atom is 0.309 e. The quantitative estimate of drug-likeness (QED) is 0.734. The zero-order valence-corrected chi connectivity index (χ0v) is 15.7. The van der Waals surface area contributed by atoms with Gasteiger partial charge < -0.3 is 9.47 Å². The average molecular weight is 348 g/mol. The van der Waals surface area contributed by atoms with E-state index in [1.165, 1.54) is 0 Å². The highest BCUT2D eigenvalue weighted by Crippen LogP contribution is 2.54. The third-order valence-corrected chi connectivity index (χ3v) is 6.32. The zero-order valence-electron chi connectivity index (χ0n) is 15.7. The van der Waals surface area contributed by atoms with Crippen LogP contribution < -0.4 is 0 Å². The Kier molecular flexibility index (Phi) is 4.54. The molecule has 0 aromatic carbocycles. The number of carbonyl (C=O) groups is 3. The van der Waals surface area contributed by atoms with Crippen LogP contribution in [0.1, 0.15) is 47.5 Å². The summed E-state index contributed by atoms with van der Waals surface area (Å²) in [5, 5.41) is 0. The molecule has 1 aliphatic heterocycles. The van der Waals surface area contributed by atoms with Crippen LogP contribution in [0.15, 0.2) is 12.2 Å². The SMILES string of the molecule is CC(C)CC(=O)O[C@H]1[C@H]2[C@@H](C[C@@H](C)[C@@H]3C=CC(=O)[C@]31C)OC(=O)[C@@H]2C. The predicted molar refractivity (Wildman–Crippen MR) is 91.4 cm³/mol. The molecule has 1 heterocycles. The highest BCUT2D eigenvalue weighted by atomic mass is 16.6. The Balaban J connectivity index is 2.01. The molecule has 3 rings (SSSR count). The van der Waals surface area contributed by atoms with Gasteiger partial charge in [-0.1, -0.05) is 33.8 Å². The van der Waals surface area contributed by atoms with Crippen molar-refractivity contribution in [2.75, 3.05) is 0 Å². The molecule has 0 amide bonds. The fraction of sp³-hybridized carbons (Fsp3) is 0.750. The lowest BCUT2D eigenvalue weighted by Gasteiger charge is -2.40. The monoisotopic (exact) mass is 348 g/mol. The molecule has 0 aromatic rings. The van der Waals surface area contributed by atoms with Crippen LogP contribution >= 0.6 is 0 Å². The first kappa shape index (κ1) is 18.2. The summed E-state index contributed by atoms with van der Waals surface area (Å²) >= 11 is 0. The van der Waals surface area contributed by atoms with Gasteiger partial charge in [-0.2, -0.15) is 0 Å². The molecular formula is C20H28O5. The fourth-order valence-corrected chi connectivity index (χ4v) is 4.96. The van der Waals surface area contributed by atoms with E-state index in [-0.39, 0.29) is 53.4 Å². The minimum atomic E-state index is -0.826. The zero-order chi connectivity index (χ0) is 18.5. The summed E-state index contributed by atoms with van der Waals surface area (Å²) in [6.45, 7) is 9.70. The van der Waals surface area contributed by atoms with E-state index in [1.807, 2.05) is 33.8 Å². The molecule has 0 unspecified atom stereocenters. The molecule has 7 atom stereocenters. The average Bonchev–Trinajstić information content (AvgIpc) is 2.92. The number of ether oxygens (including phenoxy) is 2. The normalized spacial score (nSPS) is 42.8. The van der Waals surface area contributed by atoms with Gasteiger partial charge in [0.25, 0.3) is 0 Å². The molecule has 3 aliphatic rings. The van der Waals surface area contributed by atoms with Gasteiger partial charge in [-0.05, 0) is 37.2 Å². The molecule has 138 valence electrons. The van der Waals surface area contributed by atoms with Crippen LogP contribution in [0.3, 0.4) is 0 Å². The third kappa shape index (κ3) is 2.81. The van der Waals surface area contributed by atoms with Crippen LogP contribution in [0.2, 0.25) is 0 Å². The topological polar surface area (TPSA) is 69.7 Å². The van der Waals surface area contributed by atoms with E-state index >= 15 is 0 Å². The molecule has 2 aliphatic carbocycles. The van der Waals surface area contributed by atoms with E-state index in [1.54, 1.807) is 6.08 Å². The van der Waals surface area contributed by atoms with Crippen LogP contribution in [-0.2, 0) is 23.9 Å². The minimum absolute atomic E-state index is 0.00616. The number of carbonyl (C=O) groups excluding carboxylic acids is 3. The van der Waals surface area contributed by atoms with Gasteiger partial charge in [0, 0.05) is 12.3 Å². The van der Waals surface area contributed by atoms with E-state index in [9.17, 15) is 14.4 Å². The van der Waals surface area contributed by atoms with Gasteiger partial charge in [0.1, 0.15) is 12.2 Å². The number of allylic oxidation sites excluding steroid dienone is 2. The van der Waals surface area contributed by atoms with Crippen molar-refractivity contribution in [3.8, 4) is 0 Å². The Hall–Kier alpha value is -1.65. The molecule has 5 heteroatoms. The van der Waals surface area contributed by atoms with Gasteiger partial charge in [-0.15, -0.1) is 0 Å². The highest BCUT2D eigenvalue weighted by molar-refractivity contribution is 5.98. The van der Waals surface area contributed by atoms with Gasteiger partial charge in [0.2, 0.25) is 0 Å². The Morgan fingerprint density at radius 2 is 2.04 bits per heavy atom. The standard InChI is InChI=1S/C20H28O5/c1-10(2)8-16(22)25-18-17-12(4)19(23)24-14(17)9-11(3)13-6-7-15(21)20(13,18)5/h6-7,10-14,17-18H,8-9H2,1-5H3/t11-,12-,13+,14-,17-,18+,20+/m1/s1. The number of hydrogen-bond acceptors (Lipinski definition) is 5. The van der Waals surface area contributed by atoms with E-state index in [0.29, 0.717) is 12.8 Å². The van der Waals surface area contributed by atoms with Crippen molar-refractivity contribution in [1.82, 2.24) is 0 Å². The predicted octanol–water partition coefficient (Wildman–Crippen LogP) is 2.92. The lowest BCUT2D eigenvalue weighted by Crippen LogP contribution is -2.50. The maximum absolute atomic E-state index is 12.8. The van der Waals surface area contributed by atoms with E-state index in [4.69, 9.17) is 9.47 Å². The second kappa shape index (κ2) is 6.26. The smallest absolute Gasteiger partial charge is 0.309 e. The molecular weight excluding hydrogens is 320 g/mol. The molecule has 0 aromatic heterocycles. The van der Waals surface area contributed by atoms with Crippen molar-refractivity contribution in [2.24, 2.45) is 35.0 Å². The lowest BCUT2D eigenvalue weighted by molar-refractivity contribution is -0.168. The molecule has 25 heavy (non-hydrogen) atoms. The highest BCUT2D eigenvalue weighted by Gasteiger charge is 2.62. The molecule has 1 saturated carbocycles. The first-order valence-electron chi connectivity index (χ1n) is 9.28. The lowest BCUT2D eigenvalue weighted by atomic mass is 9.66. The van der Waals surface area contributed by atoms with Crippen LogP contribution in [0.4, 0.5) is 0 Å². The minimum Gasteiger partial charge on any atom is -0.462 e. The van der Waals surface area contributed by atoms with Crippen LogP contribution in [0.25, 0.3) is 0 Å². The number of hydrogen-bond donors (Lipinski definition) is 0. The van der Waals surface area contributed by atoms with Crippen molar-refractivity contribution >= 4 is 17.7 Å². The Morgan fingerprint density at radius 3 is 2.68 bits per heavy atom. The molecule has 2 fully saturated rings. The second-order valence-corrected chi connectivity index (χ2v) is 8.59. The number of esters is 2. The van der Waals surface area contributed by atoms with E-state index in [2.05, 4.69) is 6.92 Å². The maximum atomic E-state index is 12.8. The number of rotatable bonds is 3. The van der Waals surface area contributed by atoms with Crippen LogP contribution in [0.5, 0.6) is 0 Å². The van der Waals surface area contributed by atoms with Gasteiger partial charge in [-0.3, -0.25) is 14.4 Å². The molecule has 0 bridgehead atoms. The van der Waals surface area contributed by atoms with Gasteiger partial charge in [0.15, 0.2) is 5.78 Å². The van der Waals surface area contributed by atoms with E-state index in [0.717, 1.165) is 0 Å². The van der Waals surface area contributed by atoms with Crippen molar-refractivity contribution in [1.29, 1.82) is 0 Å². The van der Waals surface area contributed by atoms with Crippen molar-refractivity contribution in [3.05, 3.63) is 12.2 Å². The fourth-order valence-electron chi connectivity index (χ4n) is 4.96. The van der Waals surface area contributed by atoms with Crippen LogP contribution in [0, 0.1) is 35.0 Å². The molecule has 0 radical (unpaired) electrons. The van der Waals surface area contributed by atoms with Crippen molar-refractivity contribution in [3.63, 3.8) is 0 Å². The van der Waals surface area contributed by atoms with Gasteiger partial charge >= 0.3 is 11.9 Å².